The van der Waals surface area contributed by atoms with E-state index in [0.717, 1.165) is 13.0 Å². The van der Waals surface area contributed by atoms with E-state index >= 15 is 13.2 Å². The third-order valence-electron chi connectivity index (χ3n) is 11.9. The Kier molecular flexibility index (Phi) is 7.14. The first-order chi connectivity index (χ1) is 23.5. The lowest BCUT2D eigenvalue weighted by atomic mass is 9.79. The molecule has 3 aliphatic heterocycles. The van der Waals surface area contributed by atoms with Crippen molar-refractivity contribution in [3.05, 3.63) is 63.1 Å². The number of hydrogen-bond acceptors (Lipinski definition) is 5. The average molecular weight is 709 g/mol. The maximum absolute atomic E-state index is 17.2. The predicted molar refractivity (Wildman–Crippen MR) is 180 cm³/mol. The van der Waals surface area contributed by atoms with Crippen LogP contribution in [0.15, 0.2) is 30.3 Å². The molecule has 0 radical (unpaired) electrons. The van der Waals surface area contributed by atoms with Gasteiger partial charge in [-0.3, -0.25) is 4.79 Å². The number of carbonyl (C=O) groups excluding carboxylic acids is 1. The number of nitrogens with one attached hydrogen (secondary N) is 1. The summed E-state index contributed by atoms with van der Waals surface area (Å²) in [5.74, 6) is -1.50. The van der Waals surface area contributed by atoms with Crippen LogP contribution < -0.4 is 5.32 Å². The van der Waals surface area contributed by atoms with Crippen LogP contribution >= 0.6 is 23.2 Å². The number of aliphatic hydroxyl groups excluding tert-OH is 1. The van der Waals surface area contributed by atoms with E-state index in [-0.39, 0.29) is 76.9 Å². The van der Waals surface area contributed by atoms with Crippen molar-refractivity contribution >= 4 is 50.9 Å². The van der Waals surface area contributed by atoms with Crippen LogP contribution in [0, 0.1) is 29.0 Å². The molecule has 4 bridgehead atoms. The molecule has 8 atom stereocenters. The molecule has 6 aliphatic rings. The summed E-state index contributed by atoms with van der Waals surface area (Å²) < 4.78 is 50.6. The molecule has 2 N–H and O–H groups in total. The number of fused-ring (bicyclic) bond motifs is 6. The maximum Gasteiger partial charge on any atom is 0.261 e. The van der Waals surface area contributed by atoms with Gasteiger partial charge < -0.3 is 19.9 Å². The second kappa shape index (κ2) is 11.1. The van der Waals surface area contributed by atoms with E-state index in [9.17, 15) is 15.2 Å². The van der Waals surface area contributed by atoms with Gasteiger partial charge in [0.15, 0.2) is 11.5 Å². The number of carbonyl (C=O) groups is 1. The molecule has 0 spiro atoms. The Hall–Kier alpha value is -3.36. The first-order valence-electron chi connectivity index (χ1n) is 17.1. The minimum absolute atomic E-state index is 0.0191. The summed E-state index contributed by atoms with van der Waals surface area (Å²) in [5, 5.41) is 25.8. The van der Waals surface area contributed by atoms with E-state index in [1.807, 2.05) is 12.1 Å². The van der Waals surface area contributed by atoms with Gasteiger partial charge >= 0.3 is 0 Å². The number of piperidine rings is 1. The normalized spacial score (nSPS) is 29.8. The number of benzene rings is 2. The molecular formula is C37H34Cl2F3N5O2. The SMILES string of the molecule is C[C@@H](O)c1nc2c(F)c(-c3cccc(Cl)c3Cl)c(CCC#N)cc2c2c1cc(C1C3CC(CC3F)N1C(=O)C1(F)CC1)n2C1C2CNC1C2. The van der Waals surface area contributed by atoms with Crippen LogP contribution in [0.25, 0.3) is 32.9 Å². The summed E-state index contributed by atoms with van der Waals surface area (Å²) in [6.07, 6.45) is -0.0136. The number of alkyl halides is 2. The van der Waals surface area contributed by atoms with Crippen molar-refractivity contribution in [2.45, 2.75) is 94.0 Å². The smallest absolute Gasteiger partial charge is 0.261 e. The Labute approximate surface area is 291 Å². The molecule has 3 saturated carbocycles. The largest absolute Gasteiger partial charge is 0.387 e. The van der Waals surface area contributed by atoms with Crippen molar-refractivity contribution in [1.82, 2.24) is 19.8 Å². The summed E-state index contributed by atoms with van der Waals surface area (Å²) in [4.78, 5) is 20.2. The van der Waals surface area contributed by atoms with Crippen LogP contribution in [-0.4, -0.2) is 55.9 Å². The minimum atomic E-state index is -1.92. The lowest BCUT2D eigenvalue weighted by molar-refractivity contribution is -0.144. The third-order valence-corrected chi connectivity index (χ3v) is 12.7. The molecular weight excluding hydrogens is 674 g/mol. The summed E-state index contributed by atoms with van der Waals surface area (Å²) >= 11 is 13.0. The summed E-state index contributed by atoms with van der Waals surface area (Å²) in [5.41, 5.74) is 0.742. The highest BCUT2D eigenvalue weighted by Crippen LogP contribution is 2.58. The lowest BCUT2D eigenvalue weighted by Crippen LogP contribution is -2.48. The fraction of sp³-hybridized carbons (Fsp3) is 0.486. The third kappa shape index (κ3) is 4.48. The van der Waals surface area contributed by atoms with Gasteiger partial charge in [0.2, 0.25) is 0 Å². The number of amides is 1. The Morgan fingerprint density at radius 1 is 1.22 bits per heavy atom. The van der Waals surface area contributed by atoms with Gasteiger partial charge in [-0.15, -0.1) is 0 Å². The zero-order chi connectivity index (χ0) is 34.1. The first kappa shape index (κ1) is 31.6. The number of pyridine rings is 1. The van der Waals surface area contributed by atoms with E-state index < -0.39 is 47.7 Å². The summed E-state index contributed by atoms with van der Waals surface area (Å²) in [6, 6.07) is 9.76. The summed E-state index contributed by atoms with van der Waals surface area (Å²) in [7, 11) is 0. The second-order valence-corrected chi connectivity index (χ2v) is 15.5. The van der Waals surface area contributed by atoms with Crippen molar-refractivity contribution in [2.24, 2.45) is 11.8 Å². The molecule has 1 amide bonds. The van der Waals surface area contributed by atoms with E-state index in [4.69, 9.17) is 28.2 Å². The highest BCUT2D eigenvalue weighted by Gasteiger charge is 2.62. The average Bonchev–Trinajstić information content (AvgIpc) is 3.62. The van der Waals surface area contributed by atoms with Crippen LogP contribution in [0.3, 0.4) is 0 Å². The van der Waals surface area contributed by atoms with Gasteiger partial charge in [0.1, 0.15) is 11.7 Å². The van der Waals surface area contributed by atoms with Gasteiger partial charge in [0.25, 0.3) is 5.91 Å². The molecule has 6 fully saturated rings. The number of likely N-dealkylation sites (tertiary alicyclic amines) is 1. The van der Waals surface area contributed by atoms with Gasteiger partial charge in [0, 0.05) is 58.6 Å². The number of halogens is 5. The zero-order valence-corrected chi connectivity index (χ0v) is 28.2. The minimum Gasteiger partial charge on any atom is -0.387 e. The van der Waals surface area contributed by atoms with Crippen molar-refractivity contribution < 1.29 is 23.1 Å². The van der Waals surface area contributed by atoms with E-state index in [1.54, 1.807) is 30.0 Å². The number of aliphatic hydroxyl groups is 1. The predicted octanol–water partition coefficient (Wildman–Crippen LogP) is 7.85. The zero-order valence-electron chi connectivity index (χ0n) is 26.7. The molecule has 3 saturated heterocycles. The molecule has 7 unspecified atom stereocenters. The molecule has 2 aromatic heterocycles. The summed E-state index contributed by atoms with van der Waals surface area (Å²) in [6.45, 7) is 2.34. The van der Waals surface area contributed by atoms with E-state index in [2.05, 4.69) is 16.0 Å². The number of aromatic nitrogens is 2. The Morgan fingerprint density at radius 3 is 2.69 bits per heavy atom. The van der Waals surface area contributed by atoms with Gasteiger partial charge in [-0.1, -0.05) is 35.3 Å². The number of aryl methyl sites for hydroxylation is 1. The van der Waals surface area contributed by atoms with Crippen LogP contribution in [0.5, 0.6) is 0 Å². The Balaban J connectivity index is 1.36. The molecule has 49 heavy (non-hydrogen) atoms. The molecule has 3 aliphatic carbocycles. The molecule has 12 heteroatoms. The second-order valence-electron chi connectivity index (χ2n) is 14.7. The highest BCUT2D eigenvalue weighted by atomic mass is 35.5. The van der Waals surface area contributed by atoms with Gasteiger partial charge in [-0.05, 0) is 75.1 Å². The van der Waals surface area contributed by atoms with Crippen molar-refractivity contribution in [3.8, 4) is 17.2 Å². The molecule has 5 heterocycles. The number of hydrogen-bond donors (Lipinski definition) is 2. The number of nitriles is 1. The van der Waals surface area contributed by atoms with Gasteiger partial charge in [-0.25, -0.2) is 18.2 Å². The van der Waals surface area contributed by atoms with E-state index in [1.165, 1.54) is 0 Å². The van der Waals surface area contributed by atoms with Crippen LogP contribution in [0.2, 0.25) is 10.0 Å². The molecule has 7 nitrogen and oxygen atoms in total. The Bertz CT molecular complexity index is 2110. The van der Waals surface area contributed by atoms with Crippen molar-refractivity contribution in [1.29, 1.82) is 5.26 Å². The molecule has 4 aromatic rings. The topological polar surface area (TPSA) is 94.2 Å². The standard InChI is InChI=1S/C37H34Cl2F3N5O2/c1-16(48)31-23-14-27(35-21-12-19(13-25(21)40)46(35)36(49)37(42)7-8-37)47(33-18-11-26(33)44-15-18)34(23)22-10-17(4-3-9-43)28(30(41)32(22)45-31)20-5-2-6-24(38)29(20)39/h2,5-6,10,14,16,18-19,21,25-26,33,35,44,48H,3-4,7-8,11-13,15H2,1H3/t16-,18?,19?,21?,25?,26?,33?,35?/m1/s1. The van der Waals surface area contributed by atoms with Gasteiger partial charge in [-0.2, -0.15) is 5.26 Å². The number of nitrogens with zero attached hydrogens (tertiary/aromatic N) is 4. The molecule has 2 aromatic carbocycles. The van der Waals surface area contributed by atoms with Crippen molar-refractivity contribution in [2.75, 3.05) is 6.54 Å². The first-order valence-corrected chi connectivity index (χ1v) is 17.9. The number of rotatable bonds is 7. The van der Waals surface area contributed by atoms with Crippen LogP contribution in [0.4, 0.5) is 13.2 Å². The fourth-order valence-corrected chi connectivity index (χ4v) is 9.84. The molecule has 10 rings (SSSR count). The van der Waals surface area contributed by atoms with Gasteiger partial charge in [0.05, 0.1) is 45.5 Å². The quantitative estimate of drug-likeness (QED) is 0.204. The molecule has 254 valence electrons. The fourth-order valence-electron chi connectivity index (χ4n) is 9.45. The monoisotopic (exact) mass is 707 g/mol. The van der Waals surface area contributed by atoms with Crippen LogP contribution in [-0.2, 0) is 11.2 Å². The maximum atomic E-state index is 17.2. The van der Waals surface area contributed by atoms with E-state index in [0.29, 0.717) is 39.5 Å². The Morgan fingerprint density at radius 2 is 2.02 bits per heavy atom. The van der Waals surface area contributed by atoms with Crippen molar-refractivity contribution in [3.63, 3.8) is 0 Å². The highest BCUT2D eigenvalue weighted by molar-refractivity contribution is 6.43. The van der Waals surface area contributed by atoms with Crippen LogP contribution in [0.1, 0.15) is 80.6 Å². The lowest BCUT2D eigenvalue weighted by Gasteiger charge is -2.42.